The van der Waals surface area contributed by atoms with Gasteiger partial charge in [-0.2, -0.15) is 0 Å². The maximum absolute atomic E-state index is 9.79. The van der Waals surface area contributed by atoms with E-state index < -0.39 is 7.12 Å². The number of hydrogen-bond acceptors (Lipinski definition) is 2. The molecule has 0 unspecified atom stereocenters. The summed E-state index contributed by atoms with van der Waals surface area (Å²) in [7, 11) is -0.731. The average molecular weight is 264 g/mol. The summed E-state index contributed by atoms with van der Waals surface area (Å²) in [5, 5.41) is 9.79. The molecule has 1 heterocycles. The van der Waals surface area contributed by atoms with Gasteiger partial charge in [-0.15, -0.1) is 0 Å². The normalized spacial score (nSPS) is 17.4. The highest BCUT2D eigenvalue weighted by Gasteiger charge is 2.28. The van der Waals surface area contributed by atoms with Gasteiger partial charge in [0.15, 0.2) is 0 Å². The lowest BCUT2D eigenvalue weighted by Gasteiger charge is -2.10. The standard InChI is InChI=1S/C17H17BO2/c19-18-17-10-12(5-6-16(17)11-20-18)7-13-8-14-3-1-2-4-15(14)9-13/h1-6,10,13,19H,7-9,11H2. The highest BCUT2D eigenvalue weighted by molar-refractivity contribution is 6.61. The van der Waals surface area contributed by atoms with Crippen molar-refractivity contribution in [3.8, 4) is 0 Å². The van der Waals surface area contributed by atoms with E-state index in [1.165, 1.54) is 29.5 Å². The van der Waals surface area contributed by atoms with Crippen LogP contribution in [0.4, 0.5) is 0 Å². The van der Waals surface area contributed by atoms with Crippen LogP contribution in [-0.2, 0) is 30.5 Å². The Hall–Kier alpha value is -1.58. The van der Waals surface area contributed by atoms with E-state index in [1.54, 1.807) is 0 Å². The molecule has 0 spiro atoms. The van der Waals surface area contributed by atoms with Gasteiger partial charge in [0.1, 0.15) is 0 Å². The van der Waals surface area contributed by atoms with Crippen molar-refractivity contribution in [2.75, 3.05) is 0 Å². The summed E-state index contributed by atoms with van der Waals surface area (Å²) in [4.78, 5) is 0. The zero-order valence-electron chi connectivity index (χ0n) is 11.4. The molecule has 0 amide bonds. The quantitative estimate of drug-likeness (QED) is 0.839. The van der Waals surface area contributed by atoms with Crippen molar-refractivity contribution in [1.82, 2.24) is 0 Å². The highest BCUT2D eigenvalue weighted by atomic mass is 16.5. The predicted octanol–water partition coefficient (Wildman–Crippen LogP) is 1.86. The Morgan fingerprint density at radius 3 is 2.55 bits per heavy atom. The molecule has 100 valence electrons. The van der Waals surface area contributed by atoms with Gasteiger partial charge in [-0.25, -0.2) is 0 Å². The first-order valence-electron chi connectivity index (χ1n) is 7.28. The molecule has 0 saturated heterocycles. The first-order chi connectivity index (χ1) is 9.79. The summed E-state index contributed by atoms with van der Waals surface area (Å²) >= 11 is 0. The van der Waals surface area contributed by atoms with E-state index in [0.717, 1.165) is 17.4 Å². The summed E-state index contributed by atoms with van der Waals surface area (Å²) < 4.78 is 5.25. The topological polar surface area (TPSA) is 29.5 Å². The molecule has 0 aromatic heterocycles. The van der Waals surface area contributed by atoms with E-state index in [4.69, 9.17) is 4.65 Å². The van der Waals surface area contributed by atoms with Crippen LogP contribution in [-0.4, -0.2) is 12.1 Å². The third kappa shape index (κ3) is 2.07. The lowest BCUT2D eigenvalue weighted by atomic mass is 9.78. The maximum atomic E-state index is 9.79. The van der Waals surface area contributed by atoms with Crippen LogP contribution in [0.15, 0.2) is 42.5 Å². The average Bonchev–Trinajstić information content (AvgIpc) is 3.02. The van der Waals surface area contributed by atoms with Crippen molar-refractivity contribution in [3.63, 3.8) is 0 Å². The van der Waals surface area contributed by atoms with Crippen molar-refractivity contribution >= 4 is 12.6 Å². The summed E-state index contributed by atoms with van der Waals surface area (Å²) in [6, 6.07) is 15.2. The summed E-state index contributed by atoms with van der Waals surface area (Å²) in [5.74, 6) is 0.685. The molecule has 0 fully saturated rings. The Balaban J connectivity index is 1.53. The van der Waals surface area contributed by atoms with Crippen LogP contribution in [0.5, 0.6) is 0 Å². The van der Waals surface area contributed by atoms with Crippen LogP contribution in [0.25, 0.3) is 0 Å². The molecule has 0 atom stereocenters. The fourth-order valence-electron chi connectivity index (χ4n) is 3.52. The lowest BCUT2D eigenvalue weighted by Crippen LogP contribution is -2.28. The molecule has 2 aromatic carbocycles. The molecule has 1 aliphatic carbocycles. The number of rotatable bonds is 2. The second-order valence-corrected chi connectivity index (χ2v) is 5.94. The minimum atomic E-state index is -0.731. The molecule has 0 saturated carbocycles. The monoisotopic (exact) mass is 264 g/mol. The summed E-state index contributed by atoms with van der Waals surface area (Å²) in [5.41, 5.74) is 6.39. The second kappa shape index (κ2) is 4.76. The van der Waals surface area contributed by atoms with Gasteiger partial charge in [0.2, 0.25) is 0 Å². The summed E-state index contributed by atoms with van der Waals surface area (Å²) in [6.45, 7) is 0.533. The zero-order valence-corrected chi connectivity index (χ0v) is 11.4. The minimum Gasteiger partial charge on any atom is -0.423 e. The Morgan fingerprint density at radius 2 is 1.80 bits per heavy atom. The minimum absolute atomic E-state index is 0.533. The smallest absolute Gasteiger partial charge is 0.423 e. The predicted molar refractivity (Wildman–Crippen MR) is 79.9 cm³/mol. The number of hydrogen-bond donors (Lipinski definition) is 1. The van der Waals surface area contributed by atoms with Crippen LogP contribution in [0, 0.1) is 5.92 Å². The van der Waals surface area contributed by atoms with E-state index in [2.05, 4.69) is 42.5 Å². The molecule has 3 heteroatoms. The van der Waals surface area contributed by atoms with Gasteiger partial charge in [0.25, 0.3) is 0 Å². The first-order valence-corrected chi connectivity index (χ1v) is 7.28. The molecule has 2 aromatic rings. The number of fused-ring (bicyclic) bond motifs is 2. The molecule has 2 aliphatic rings. The largest absolute Gasteiger partial charge is 0.491 e. The van der Waals surface area contributed by atoms with Gasteiger partial charge < -0.3 is 9.68 Å². The summed E-state index contributed by atoms with van der Waals surface area (Å²) in [6.07, 6.45) is 3.42. The third-order valence-corrected chi connectivity index (χ3v) is 4.53. The number of benzene rings is 2. The molecule has 20 heavy (non-hydrogen) atoms. The van der Waals surface area contributed by atoms with Gasteiger partial charge in [0, 0.05) is 0 Å². The van der Waals surface area contributed by atoms with Gasteiger partial charge in [-0.05, 0) is 52.9 Å². The highest BCUT2D eigenvalue weighted by Crippen LogP contribution is 2.29. The van der Waals surface area contributed by atoms with E-state index in [1.807, 2.05) is 0 Å². The Bertz CT molecular complexity index is 628. The SMILES string of the molecule is OB1OCc2ccc(CC3Cc4ccccc4C3)cc21. The van der Waals surface area contributed by atoms with E-state index in [9.17, 15) is 5.02 Å². The molecule has 2 nitrogen and oxygen atoms in total. The van der Waals surface area contributed by atoms with Crippen LogP contribution >= 0.6 is 0 Å². The van der Waals surface area contributed by atoms with E-state index >= 15 is 0 Å². The fraction of sp³-hybridized carbons (Fsp3) is 0.294. The van der Waals surface area contributed by atoms with Crippen molar-refractivity contribution in [3.05, 3.63) is 64.7 Å². The zero-order chi connectivity index (χ0) is 13.5. The fourth-order valence-corrected chi connectivity index (χ4v) is 3.52. The van der Waals surface area contributed by atoms with Crippen molar-refractivity contribution < 1.29 is 9.68 Å². The maximum Gasteiger partial charge on any atom is 0.491 e. The first kappa shape index (κ1) is 12.2. The Labute approximate surface area is 119 Å². The van der Waals surface area contributed by atoms with Crippen LogP contribution in [0.2, 0.25) is 0 Å². The van der Waals surface area contributed by atoms with Gasteiger partial charge in [-0.3, -0.25) is 0 Å². The second-order valence-electron chi connectivity index (χ2n) is 5.94. The van der Waals surface area contributed by atoms with Gasteiger partial charge in [0.05, 0.1) is 6.61 Å². The Morgan fingerprint density at radius 1 is 1.05 bits per heavy atom. The molecule has 4 rings (SSSR count). The van der Waals surface area contributed by atoms with E-state index in [-0.39, 0.29) is 0 Å². The van der Waals surface area contributed by atoms with E-state index in [0.29, 0.717) is 12.5 Å². The van der Waals surface area contributed by atoms with Crippen LogP contribution in [0.3, 0.4) is 0 Å². The molecular formula is C17H17BO2. The van der Waals surface area contributed by atoms with Crippen LogP contribution in [0.1, 0.15) is 22.3 Å². The van der Waals surface area contributed by atoms with Gasteiger partial charge in [-0.1, -0.05) is 42.5 Å². The van der Waals surface area contributed by atoms with Crippen molar-refractivity contribution in [2.24, 2.45) is 5.92 Å². The lowest BCUT2D eigenvalue weighted by molar-refractivity contribution is 0.275. The third-order valence-electron chi connectivity index (χ3n) is 4.53. The van der Waals surface area contributed by atoms with Crippen molar-refractivity contribution in [1.29, 1.82) is 0 Å². The Kier molecular flexibility index (Phi) is 2.90. The molecule has 0 bridgehead atoms. The molecule has 1 aliphatic heterocycles. The molecule has 0 radical (unpaired) electrons. The van der Waals surface area contributed by atoms with Crippen molar-refractivity contribution in [2.45, 2.75) is 25.9 Å². The van der Waals surface area contributed by atoms with Crippen LogP contribution < -0.4 is 5.46 Å². The van der Waals surface area contributed by atoms with Gasteiger partial charge >= 0.3 is 7.12 Å². The molecular weight excluding hydrogens is 247 g/mol. The molecule has 1 N–H and O–H groups in total.